The van der Waals surface area contributed by atoms with Gasteiger partial charge in [-0.3, -0.25) is 0 Å². The lowest BCUT2D eigenvalue weighted by Crippen LogP contribution is -2.02. The second kappa shape index (κ2) is 6.67. The summed E-state index contributed by atoms with van der Waals surface area (Å²) < 4.78 is 10.4. The van der Waals surface area contributed by atoms with Gasteiger partial charge in [-0.15, -0.1) is 0 Å². The van der Waals surface area contributed by atoms with Crippen molar-refractivity contribution in [1.82, 2.24) is 0 Å². The van der Waals surface area contributed by atoms with E-state index in [1.54, 1.807) is 30.3 Å². The number of rotatable bonds is 5. The summed E-state index contributed by atoms with van der Waals surface area (Å²) in [4.78, 5) is 11.6. The van der Waals surface area contributed by atoms with Crippen molar-refractivity contribution in [3.05, 3.63) is 53.6 Å². The van der Waals surface area contributed by atoms with Crippen LogP contribution in [0.1, 0.15) is 11.1 Å². The minimum absolute atomic E-state index is 0.0881. The Hall–Kier alpha value is -2.95. The lowest BCUT2D eigenvalue weighted by molar-refractivity contribution is -0.130. The van der Waals surface area contributed by atoms with Crippen molar-refractivity contribution in [1.29, 1.82) is 0 Å². The molecule has 2 aromatic rings. The molecule has 5 nitrogen and oxygen atoms in total. The molecule has 2 aromatic carbocycles. The number of benzene rings is 2. The molecule has 0 radical (unpaired) electrons. The number of aromatic hydroxyl groups is 1. The monoisotopic (exact) mass is 300 g/mol. The Kier molecular flexibility index (Phi) is 4.68. The molecule has 0 bridgehead atoms. The van der Waals surface area contributed by atoms with Crippen LogP contribution >= 0.6 is 0 Å². The molecule has 0 spiro atoms. The average molecular weight is 300 g/mol. The molecule has 0 amide bonds. The minimum atomic E-state index is -1.07. The van der Waals surface area contributed by atoms with Gasteiger partial charge in [-0.1, -0.05) is 12.1 Å². The van der Waals surface area contributed by atoms with Gasteiger partial charge in [-0.2, -0.15) is 0 Å². The van der Waals surface area contributed by atoms with Gasteiger partial charge in [0.2, 0.25) is 0 Å². The lowest BCUT2D eigenvalue weighted by atomic mass is 10.0. The van der Waals surface area contributed by atoms with E-state index in [-0.39, 0.29) is 11.3 Å². The number of ether oxygens (including phenoxy) is 2. The predicted octanol–water partition coefficient (Wildman–Crippen LogP) is 3.03. The van der Waals surface area contributed by atoms with Crippen LogP contribution < -0.4 is 9.47 Å². The number of hydrogen-bond donors (Lipinski definition) is 2. The molecule has 114 valence electrons. The maximum Gasteiger partial charge on any atom is 0.336 e. The highest BCUT2D eigenvalue weighted by atomic mass is 16.5. The zero-order chi connectivity index (χ0) is 16.1. The van der Waals surface area contributed by atoms with E-state index in [1.165, 1.54) is 32.4 Å². The Morgan fingerprint density at radius 3 is 2.27 bits per heavy atom. The van der Waals surface area contributed by atoms with Crippen molar-refractivity contribution in [3.63, 3.8) is 0 Å². The first kappa shape index (κ1) is 15.4. The van der Waals surface area contributed by atoms with E-state index in [1.807, 2.05) is 0 Å². The lowest BCUT2D eigenvalue weighted by Gasteiger charge is -2.11. The zero-order valence-corrected chi connectivity index (χ0v) is 12.2. The molecule has 0 heterocycles. The van der Waals surface area contributed by atoms with Crippen LogP contribution in [0.5, 0.6) is 17.2 Å². The van der Waals surface area contributed by atoms with Crippen LogP contribution in [0.4, 0.5) is 0 Å². The van der Waals surface area contributed by atoms with Crippen molar-refractivity contribution < 1.29 is 24.5 Å². The summed E-state index contributed by atoms with van der Waals surface area (Å²) in [5.74, 6) is 0.0364. The van der Waals surface area contributed by atoms with Gasteiger partial charge in [0.25, 0.3) is 0 Å². The average Bonchev–Trinajstić information content (AvgIpc) is 2.53. The Bertz CT molecular complexity index is 701. The molecule has 5 heteroatoms. The Morgan fingerprint density at radius 2 is 1.73 bits per heavy atom. The fraction of sp³-hybridized carbons (Fsp3) is 0.118. The van der Waals surface area contributed by atoms with Gasteiger partial charge in [0, 0.05) is 11.6 Å². The van der Waals surface area contributed by atoms with Crippen molar-refractivity contribution in [2.45, 2.75) is 0 Å². The molecule has 2 N–H and O–H groups in total. The minimum Gasteiger partial charge on any atom is -0.508 e. The second-order valence-electron chi connectivity index (χ2n) is 4.52. The summed E-state index contributed by atoms with van der Waals surface area (Å²) in [5, 5.41) is 18.8. The van der Waals surface area contributed by atoms with Crippen LogP contribution in [0.25, 0.3) is 11.6 Å². The highest BCUT2D eigenvalue weighted by Gasteiger charge is 2.16. The third-order valence-corrected chi connectivity index (χ3v) is 3.13. The highest BCUT2D eigenvalue weighted by molar-refractivity contribution is 6.21. The SMILES string of the molecule is COc1ccc(/C(=C/c2ccc(O)cc2)C(=O)O)c(OC)c1. The number of aliphatic carboxylic acids is 1. The Morgan fingerprint density at radius 1 is 1.05 bits per heavy atom. The number of methoxy groups -OCH3 is 2. The van der Waals surface area contributed by atoms with E-state index in [4.69, 9.17) is 9.47 Å². The second-order valence-corrected chi connectivity index (χ2v) is 4.52. The topological polar surface area (TPSA) is 76.0 Å². The number of carboxylic acid groups (broad SMARTS) is 1. The molecular formula is C17H16O5. The van der Waals surface area contributed by atoms with Crippen molar-refractivity contribution >= 4 is 17.6 Å². The van der Waals surface area contributed by atoms with Crippen molar-refractivity contribution in [2.75, 3.05) is 14.2 Å². The highest BCUT2D eigenvalue weighted by Crippen LogP contribution is 2.31. The van der Waals surface area contributed by atoms with Gasteiger partial charge in [0.05, 0.1) is 19.8 Å². The van der Waals surface area contributed by atoms with Gasteiger partial charge < -0.3 is 19.7 Å². The first-order valence-corrected chi connectivity index (χ1v) is 6.51. The number of hydrogen-bond acceptors (Lipinski definition) is 4. The first-order chi connectivity index (χ1) is 10.5. The molecule has 0 saturated carbocycles. The van der Waals surface area contributed by atoms with Gasteiger partial charge in [0.15, 0.2) is 0 Å². The molecule has 0 atom stereocenters. The fourth-order valence-electron chi connectivity index (χ4n) is 2.01. The van der Waals surface area contributed by atoms with Crippen LogP contribution in [-0.4, -0.2) is 30.4 Å². The number of phenolic OH excluding ortho intramolecular Hbond substituents is 1. The number of carboxylic acids is 1. The molecule has 0 saturated heterocycles. The largest absolute Gasteiger partial charge is 0.508 e. The summed E-state index contributed by atoms with van der Waals surface area (Å²) in [7, 11) is 3.00. The fourth-order valence-corrected chi connectivity index (χ4v) is 2.01. The standard InChI is InChI=1S/C17H16O5/c1-21-13-7-8-14(16(10-13)22-2)15(17(19)20)9-11-3-5-12(18)6-4-11/h3-10,18H,1-2H3,(H,19,20)/b15-9-. The zero-order valence-electron chi connectivity index (χ0n) is 12.2. The molecule has 22 heavy (non-hydrogen) atoms. The van der Waals surface area contributed by atoms with Crippen LogP contribution in [0, 0.1) is 0 Å². The molecular weight excluding hydrogens is 284 g/mol. The van der Waals surface area contributed by atoms with E-state index >= 15 is 0 Å². The molecule has 0 aromatic heterocycles. The molecule has 0 unspecified atom stereocenters. The van der Waals surface area contributed by atoms with Crippen LogP contribution in [0.2, 0.25) is 0 Å². The summed E-state index contributed by atoms with van der Waals surface area (Å²) in [5.41, 5.74) is 1.20. The van der Waals surface area contributed by atoms with E-state index in [0.717, 1.165) is 0 Å². The maximum atomic E-state index is 11.6. The Balaban J connectivity index is 2.52. The third-order valence-electron chi connectivity index (χ3n) is 3.13. The summed E-state index contributed by atoms with van der Waals surface area (Å²) in [6.07, 6.45) is 1.52. The van der Waals surface area contributed by atoms with E-state index < -0.39 is 5.97 Å². The van der Waals surface area contributed by atoms with E-state index in [9.17, 15) is 15.0 Å². The summed E-state index contributed by atoms with van der Waals surface area (Å²) in [6.45, 7) is 0. The van der Waals surface area contributed by atoms with E-state index in [0.29, 0.717) is 22.6 Å². The summed E-state index contributed by atoms with van der Waals surface area (Å²) >= 11 is 0. The molecule has 2 rings (SSSR count). The summed E-state index contributed by atoms with van der Waals surface area (Å²) in [6, 6.07) is 11.2. The van der Waals surface area contributed by atoms with E-state index in [2.05, 4.69) is 0 Å². The van der Waals surface area contributed by atoms with Gasteiger partial charge in [-0.05, 0) is 35.9 Å². The molecule has 0 aliphatic rings. The first-order valence-electron chi connectivity index (χ1n) is 6.51. The smallest absolute Gasteiger partial charge is 0.336 e. The van der Waals surface area contributed by atoms with Crippen LogP contribution in [-0.2, 0) is 4.79 Å². The number of carbonyl (C=O) groups is 1. The quantitative estimate of drug-likeness (QED) is 0.655. The van der Waals surface area contributed by atoms with Gasteiger partial charge >= 0.3 is 5.97 Å². The normalized spacial score (nSPS) is 11.1. The maximum absolute atomic E-state index is 11.6. The third kappa shape index (κ3) is 3.38. The predicted molar refractivity (Wildman–Crippen MR) is 83.2 cm³/mol. The number of phenols is 1. The van der Waals surface area contributed by atoms with Gasteiger partial charge in [-0.25, -0.2) is 4.79 Å². The van der Waals surface area contributed by atoms with Crippen LogP contribution in [0.3, 0.4) is 0 Å². The molecule has 0 aliphatic heterocycles. The van der Waals surface area contributed by atoms with Crippen molar-refractivity contribution in [3.8, 4) is 17.2 Å². The van der Waals surface area contributed by atoms with Crippen LogP contribution in [0.15, 0.2) is 42.5 Å². The Labute approximate surface area is 128 Å². The van der Waals surface area contributed by atoms with Crippen molar-refractivity contribution in [2.24, 2.45) is 0 Å². The molecule has 0 fully saturated rings. The molecule has 0 aliphatic carbocycles. The van der Waals surface area contributed by atoms with Gasteiger partial charge in [0.1, 0.15) is 17.2 Å².